The van der Waals surface area contributed by atoms with Crippen molar-refractivity contribution in [1.29, 1.82) is 0 Å². The highest BCUT2D eigenvalue weighted by Gasteiger charge is 2.26. The van der Waals surface area contributed by atoms with Gasteiger partial charge in [0, 0.05) is 31.9 Å². The highest BCUT2D eigenvalue weighted by molar-refractivity contribution is 5.95. The Morgan fingerprint density at radius 2 is 1.89 bits per heavy atom. The molecule has 1 aliphatic rings. The van der Waals surface area contributed by atoms with E-state index in [1.807, 2.05) is 6.92 Å². The number of methoxy groups -OCH3 is 1. The van der Waals surface area contributed by atoms with Gasteiger partial charge in [0.15, 0.2) is 0 Å². The van der Waals surface area contributed by atoms with Gasteiger partial charge in [-0.3, -0.25) is 9.89 Å². The number of aromatic amines is 1. The first-order valence-electron chi connectivity index (χ1n) is 5.75. The van der Waals surface area contributed by atoms with Crippen molar-refractivity contribution in [2.45, 2.75) is 6.92 Å². The van der Waals surface area contributed by atoms with E-state index in [0.29, 0.717) is 31.7 Å². The van der Waals surface area contributed by atoms with Gasteiger partial charge in [-0.2, -0.15) is 5.10 Å². The van der Waals surface area contributed by atoms with Gasteiger partial charge in [0.2, 0.25) is 0 Å². The van der Waals surface area contributed by atoms with Gasteiger partial charge in [-0.15, -0.1) is 0 Å². The maximum atomic E-state index is 12.2. The molecule has 0 aliphatic carbocycles. The molecule has 0 saturated carbocycles. The minimum Gasteiger partial charge on any atom is -0.453 e. The van der Waals surface area contributed by atoms with Crippen LogP contribution in [0, 0.1) is 6.92 Å². The number of piperazine rings is 1. The number of H-pyrrole nitrogens is 1. The Bertz CT molecular complexity index is 449. The van der Waals surface area contributed by atoms with Gasteiger partial charge in [0.25, 0.3) is 5.91 Å². The number of nitrogens with zero attached hydrogens (tertiary/aromatic N) is 3. The number of amides is 2. The summed E-state index contributed by atoms with van der Waals surface area (Å²) in [6.45, 7) is 3.83. The summed E-state index contributed by atoms with van der Waals surface area (Å²) < 4.78 is 4.65. The van der Waals surface area contributed by atoms with E-state index in [1.165, 1.54) is 13.3 Å². The molecule has 0 aromatic carbocycles. The zero-order valence-electron chi connectivity index (χ0n) is 10.5. The molecule has 18 heavy (non-hydrogen) atoms. The van der Waals surface area contributed by atoms with Gasteiger partial charge in [0.05, 0.1) is 18.9 Å². The molecule has 0 atom stereocenters. The Morgan fingerprint density at radius 3 is 2.39 bits per heavy atom. The summed E-state index contributed by atoms with van der Waals surface area (Å²) in [6.07, 6.45) is 1.19. The third-order valence-electron chi connectivity index (χ3n) is 3.06. The molecule has 1 aromatic rings. The summed E-state index contributed by atoms with van der Waals surface area (Å²) in [4.78, 5) is 26.8. The number of rotatable bonds is 1. The van der Waals surface area contributed by atoms with Crippen molar-refractivity contribution in [3.63, 3.8) is 0 Å². The van der Waals surface area contributed by atoms with Crippen LogP contribution in [0.1, 0.15) is 16.1 Å². The summed E-state index contributed by atoms with van der Waals surface area (Å²) >= 11 is 0. The van der Waals surface area contributed by atoms with Crippen molar-refractivity contribution < 1.29 is 14.3 Å². The van der Waals surface area contributed by atoms with Gasteiger partial charge >= 0.3 is 6.09 Å². The first-order chi connectivity index (χ1) is 8.63. The second-order valence-corrected chi connectivity index (χ2v) is 4.16. The zero-order chi connectivity index (χ0) is 13.1. The number of carbonyl (C=O) groups is 2. The highest BCUT2D eigenvalue weighted by atomic mass is 16.5. The van der Waals surface area contributed by atoms with Crippen molar-refractivity contribution in [2.75, 3.05) is 33.3 Å². The second kappa shape index (κ2) is 5.07. The average Bonchev–Trinajstić information content (AvgIpc) is 2.83. The van der Waals surface area contributed by atoms with E-state index >= 15 is 0 Å². The van der Waals surface area contributed by atoms with Crippen LogP contribution in [0.5, 0.6) is 0 Å². The molecule has 2 heterocycles. The molecule has 2 amide bonds. The van der Waals surface area contributed by atoms with Crippen molar-refractivity contribution in [2.24, 2.45) is 0 Å². The number of carbonyl (C=O) groups excluding carboxylic acids is 2. The number of aryl methyl sites for hydroxylation is 1. The van der Waals surface area contributed by atoms with Crippen LogP contribution >= 0.6 is 0 Å². The van der Waals surface area contributed by atoms with Gasteiger partial charge < -0.3 is 14.5 Å². The van der Waals surface area contributed by atoms with Crippen molar-refractivity contribution in [3.05, 3.63) is 17.5 Å². The molecule has 2 rings (SSSR count). The topological polar surface area (TPSA) is 78.5 Å². The zero-order valence-corrected chi connectivity index (χ0v) is 10.5. The van der Waals surface area contributed by atoms with Gasteiger partial charge in [-0.05, 0) is 6.92 Å². The van der Waals surface area contributed by atoms with Crippen LogP contribution in [-0.2, 0) is 4.74 Å². The SMILES string of the molecule is COC(=O)N1CCN(C(=O)c2cn[nH]c2C)CC1. The molecule has 0 radical (unpaired) electrons. The number of hydrogen-bond donors (Lipinski definition) is 1. The molecule has 1 aromatic heterocycles. The molecule has 7 nitrogen and oxygen atoms in total. The monoisotopic (exact) mass is 252 g/mol. The van der Waals surface area contributed by atoms with E-state index in [0.717, 1.165) is 5.69 Å². The molecule has 1 saturated heterocycles. The molecule has 0 spiro atoms. The Hall–Kier alpha value is -2.05. The predicted octanol–water partition coefficient (Wildman–Crippen LogP) is 0.242. The van der Waals surface area contributed by atoms with E-state index in [1.54, 1.807) is 9.80 Å². The van der Waals surface area contributed by atoms with Gasteiger partial charge in [-0.1, -0.05) is 0 Å². The normalized spacial score (nSPS) is 15.7. The molecule has 1 N–H and O–H groups in total. The van der Waals surface area contributed by atoms with Crippen molar-refractivity contribution >= 4 is 12.0 Å². The van der Waals surface area contributed by atoms with Crippen LogP contribution in [0.25, 0.3) is 0 Å². The van der Waals surface area contributed by atoms with Crippen molar-refractivity contribution in [1.82, 2.24) is 20.0 Å². The number of hydrogen-bond acceptors (Lipinski definition) is 4. The first-order valence-corrected chi connectivity index (χ1v) is 5.75. The molecule has 1 fully saturated rings. The second-order valence-electron chi connectivity index (χ2n) is 4.16. The Labute approximate surface area is 105 Å². The molecular weight excluding hydrogens is 236 g/mol. The summed E-state index contributed by atoms with van der Waals surface area (Å²) in [6, 6.07) is 0. The average molecular weight is 252 g/mol. The van der Waals surface area contributed by atoms with E-state index in [9.17, 15) is 9.59 Å². The van der Waals surface area contributed by atoms with Crippen LogP contribution in [0.4, 0.5) is 4.79 Å². The molecule has 98 valence electrons. The van der Waals surface area contributed by atoms with Crippen LogP contribution in [0.15, 0.2) is 6.20 Å². The lowest BCUT2D eigenvalue weighted by Gasteiger charge is -2.33. The van der Waals surface area contributed by atoms with E-state index in [-0.39, 0.29) is 12.0 Å². The van der Waals surface area contributed by atoms with E-state index in [2.05, 4.69) is 14.9 Å². The number of aromatic nitrogens is 2. The Morgan fingerprint density at radius 1 is 1.28 bits per heavy atom. The number of nitrogens with one attached hydrogen (secondary N) is 1. The fourth-order valence-electron chi connectivity index (χ4n) is 1.96. The lowest BCUT2D eigenvalue weighted by atomic mass is 10.2. The third-order valence-corrected chi connectivity index (χ3v) is 3.06. The standard InChI is InChI=1S/C11H16N4O3/c1-8-9(7-12-13-8)10(16)14-3-5-15(6-4-14)11(17)18-2/h7H,3-6H2,1-2H3,(H,12,13). The fraction of sp³-hybridized carbons (Fsp3) is 0.545. The Balaban J connectivity index is 1.96. The largest absolute Gasteiger partial charge is 0.453 e. The molecule has 0 bridgehead atoms. The predicted molar refractivity (Wildman–Crippen MR) is 63.2 cm³/mol. The molecule has 0 unspecified atom stereocenters. The van der Waals surface area contributed by atoms with Gasteiger partial charge in [0.1, 0.15) is 0 Å². The highest BCUT2D eigenvalue weighted by Crippen LogP contribution is 2.11. The molecule has 1 aliphatic heterocycles. The minimum atomic E-state index is -0.346. The van der Waals surface area contributed by atoms with Crippen molar-refractivity contribution in [3.8, 4) is 0 Å². The van der Waals surface area contributed by atoms with E-state index in [4.69, 9.17) is 0 Å². The summed E-state index contributed by atoms with van der Waals surface area (Å²) in [7, 11) is 1.36. The van der Waals surface area contributed by atoms with E-state index < -0.39 is 0 Å². The molecule has 7 heteroatoms. The Kier molecular flexibility index (Phi) is 3.50. The fourth-order valence-corrected chi connectivity index (χ4v) is 1.96. The number of ether oxygens (including phenoxy) is 1. The summed E-state index contributed by atoms with van der Waals surface area (Å²) in [5.74, 6) is -0.0502. The quantitative estimate of drug-likeness (QED) is 0.776. The minimum absolute atomic E-state index is 0.0502. The van der Waals surface area contributed by atoms with Crippen LogP contribution in [0.2, 0.25) is 0 Å². The summed E-state index contributed by atoms with van der Waals surface area (Å²) in [5, 5.41) is 6.58. The summed E-state index contributed by atoms with van der Waals surface area (Å²) in [5.41, 5.74) is 1.34. The lowest BCUT2D eigenvalue weighted by Crippen LogP contribution is -2.50. The maximum Gasteiger partial charge on any atom is 0.409 e. The van der Waals surface area contributed by atoms with Crippen LogP contribution < -0.4 is 0 Å². The maximum absolute atomic E-state index is 12.2. The van der Waals surface area contributed by atoms with Gasteiger partial charge in [-0.25, -0.2) is 4.79 Å². The smallest absolute Gasteiger partial charge is 0.409 e. The van der Waals surface area contributed by atoms with Crippen LogP contribution in [-0.4, -0.2) is 65.3 Å². The first kappa shape index (κ1) is 12.4. The van der Waals surface area contributed by atoms with Crippen LogP contribution in [0.3, 0.4) is 0 Å². The third kappa shape index (κ3) is 2.29. The lowest BCUT2D eigenvalue weighted by molar-refractivity contribution is 0.0599. The molecular formula is C11H16N4O3.